The number of aliphatic carboxylic acids is 1. The maximum atomic E-state index is 12.7. The molecule has 0 saturated carbocycles. The van der Waals surface area contributed by atoms with Gasteiger partial charge in [0, 0.05) is 19.3 Å². The van der Waals surface area contributed by atoms with Gasteiger partial charge in [-0.1, -0.05) is 0 Å². The van der Waals surface area contributed by atoms with E-state index in [2.05, 4.69) is 0 Å². The molecule has 23 heavy (non-hydrogen) atoms. The number of hydrogen-bond donors (Lipinski definition) is 1. The largest absolute Gasteiger partial charge is 0.481 e. The molecule has 1 saturated heterocycles. The van der Waals surface area contributed by atoms with Crippen LogP contribution in [0.3, 0.4) is 0 Å². The van der Waals surface area contributed by atoms with Crippen LogP contribution in [0.1, 0.15) is 18.9 Å². The van der Waals surface area contributed by atoms with Gasteiger partial charge in [-0.15, -0.1) is 0 Å². The number of halogens is 3. The Labute approximate surface area is 129 Å². The van der Waals surface area contributed by atoms with Gasteiger partial charge in [-0.3, -0.25) is 14.4 Å². The summed E-state index contributed by atoms with van der Waals surface area (Å²) in [6, 6.07) is 1.70. The van der Waals surface area contributed by atoms with Crippen LogP contribution in [0.4, 0.5) is 13.2 Å². The van der Waals surface area contributed by atoms with E-state index in [1.54, 1.807) is 0 Å². The minimum Gasteiger partial charge on any atom is -0.481 e. The van der Waals surface area contributed by atoms with Crippen LogP contribution in [0.2, 0.25) is 0 Å². The Morgan fingerprint density at radius 1 is 1.39 bits per heavy atom. The molecule has 2 rings (SSSR count). The van der Waals surface area contributed by atoms with Gasteiger partial charge in [-0.05, 0) is 25.5 Å². The number of nitrogens with zero attached hydrogens (tertiary/aromatic N) is 2. The van der Waals surface area contributed by atoms with Crippen LogP contribution >= 0.6 is 0 Å². The Kier molecular flexibility index (Phi) is 4.23. The van der Waals surface area contributed by atoms with Gasteiger partial charge < -0.3 is 14.6 Å². The summed E-state index contributed by atoms with van der Waals surface area (Å²) in [7, 11) is 0. The third-order valence-corrected chi connectivity index (χ3v) is 3.97. The lowest BCUT2D eigenvalue weighted by atomic mass is 9.90. The van der Waals surface area contributed by atoms with E-state index in [9.17, 15) is 27.6 Å². The minimum absolute atomic E-state index is 0.0329. The molecule has 6 nitrogen and oxygen atoms in total. The molecule has 0 radical (unpaired) electrons. The van der Waals surface area contributed by atoms with Gasteiger partial charge in [-0.25, -0.2) is 0 Å². The monoisotopic (exact) mass is 332 g/mol. The Bertz CT molecular complexity index is 698. The lowest BCUT2D eigenvalue weighted by Crippen LogP contribution is -2.39. The molecule has 0 aromatic carbocycles. The van der Waals surface area contributed by atoms with Gasteiger partial charge in [0.15, 0.2) is 0 Å². The topological polar surface area (TPSA) is 79.6 Å². The summed E-state index contributed by atoms with van der Waals surface area (Å²) in [5, 5.41) is 9.11. The predicted octanol–water partition coefficient (Wildman–Crippen LogP) is 1.19. The molecule has 2 heterocycles. The van der Waals surface area contributed by atoms with Crippen LogP contribution in [0.5, 0.6) is 0 Å². The van der Waals surface area contributed by atoms with Gasteiger partial charge in [0.1, 0.15) is 12.1 Å². The van der Waals surface area contributed by atoms with Gasteiger partial charge >= 0.3 is 12.1 Å². The predicted molar refractivity (Wildman–Crippen MR) is 72.6 cm³/mol. The van der Waals surface area contributed by atoms with Crippen LogP contribution in [0.15, 0.2) is 23.1 Å². The third-order valence-electron chi connectivity index (χ3n) is 3.97. The highest BCUT2D eigenvalue weighted by Crippen LogP contribution is 2.30. The molecule has 1 atom stereocenters. The lowest BCUT2D eigenvalue weighted by Gasteiger charge is -2.20. The molecule has 9 heteroatoms. The van der Waals surface area contributed by atoms with E-state index in [0.29, 0.717) is 10.6 Å². The van der Waals surface area contributed by atoms with Crippen molar-refractivity contribution in [3.05, 3.63) is 34.2 Å². The molecule has 1 aromatic heterocycles. The number of carbonyl (C=O) groups excluding carboxylic acids is 1. The normalized spacial score (nSPS) is 21.5. The van der Waals surface area contributed by atoms with Gasteiger partial charge in [0.2, 0.25) is 5.91 Å². The van der Waals surface area contributed by atoms with Crippen molar-refractivity contribution in [1.82, 2.24) is 9.47 Å². The second kappa shape index (κ2) is 5.71. The van der Waals surface area contributed by atoms with E-state index >= 15 is 0 Å². The maximum Gasteiger partial charge on any atom is 0.421 e. The Balaban J connectivity index is 2.17. The molecule has 1 unspecified atom stereocenters. The zero-order chi connectivity index (χ0) is 17.4. The molecule has 0 spiro atoms. The molecule has 126 valence electrons. The summed E-state index contributed by atoms with van der Waals surface area (Å²) < 4.78 is 38.7. The number of carboxylic acids is 1. The second-order valence-electron chi connectivity index (χ2n) is 5.78. The number of carbonyl (C=O) groups is 2. The van der Waals surface area contributed by atoms with Gasteiger partial charge in [-0.2, -0.15) is 13.2 Å². The maximum absolute atomic E-state index is 12.7. The quantitative estimate of drug-likeness (QED) is 0.902. The molecular formula is C14H15F3N2O4. The fourth-order valence-corrected chi connectivity index (χ4v) is 2.47. The van der Waals surface area contributed by atoms with Crippen LogP contribution in [-0.2, 0) is 22.3 Å². The van der Waals surface area contributed by atoms with Crippen LogP contribution in [-0.4, -0.2) is 39.5 Å². The van der Waals surface area contributed by atoms with Crippen LogP contribution < -0.4 is 5.56 Å². The third kappa shape index (κ3) is 3.38. The van der Waals surface area contributed by atoms with E-state index in [1.165, 1.54) is 11.8 Å². The summed E-state index contributed by atoms with van der Waals surface area (Å²) in [6.45, 7) is 1.10. The van der Waals surface area contributed by atoms with Crippen molar-refractivity contribution in [1.29, 1.82) is 0 Å². The first kappa shape index (κ1) is 17.0. The highest BCUT2D eigenvalue weighted by Gasteiger charge is 2.42. The summed E-state index contributed by atoms with van der Waals surface area (Å²) in [6.07, 6.45) is -3.44. The van der Waals surface area contributed by atoms with E-state index < -0.39 is 41.1 Å². The van der Waals surface area contributed by atoms with Crippen LogP contribution in [0.25, 0.3) is 0 Å². The number of likely N-dealkylation sites (tertiary alicyclic amines) is 1. The number of rotatable bonds is 3. The lowest BCUT2D eigenvalue weighted by molar-refractivity contribution is -0.147. The molecule has 0 aliphatic carbocycles. The molecule has 1 N–H and O–H groups in total. The first-order chi connectivity index (χ1) is 10.5. The highest BCUT2D eigenvalue weighted by molar-refractivity contribution is 5.80. The molecule has 1 aliphatic heterocycles. The van der Waals surface area contributed by atoms with Gasteiger partial charge in [0.05, 0.1) is 5.41 Å². The van der Waals surface area contributed by atoms with Gasteiger partial charge in [0.25, 0.3) is 5.56 Å². The fraction of sp³-hybridized carbons (Fsp3) is 0.500. The smallest absolute Gasteiger partial charge is 0.421 e. The Morgan fingerprint density at radius 3 is 2.57 bits per heavy atom. The Morgan fingerprint density at radius 2 is 2.04 bits per heavy atom. The molecule has 1 aliphatic rings. The number of alkyl halides is 3. The number of carboxylic acid groups (broad SMARTS) is 1. The zero-order valence-electron chi connectivity index (χ0n) is 12.3. The fourth-order valence-electron chi connectivity index (χ4n) is 2.47. The SMILES string of the molecule is CC1(C(=O)O)CCN(C(=O)Cn2cccc(C(F)(F)F)c2=O)C1. The zero-order valence-corrected chi connectivity index (χ0v) is 12.3. The van der Waals surface area contributed by atoms with E-state index in [0.717, 1.165) is 12.3 Å². The Hall–Kier alpha value is -2.32. The molecule has 1 fully saturated rings. The van der Waals surface area contributed by atoms with Crippen molar-refractivity contribution < 1.29 is 27.9 Å². The second-order valence-corrected chi connectivity index (χ2v) is 5.78. The number of aromatic nitrogens is 1. The number of amides is 1. The summed E-state index contributed by atoms with van der Waals surface area (Å²) in [4.78, 5) is 36.3. The molecule has 0 bridgehead atoms. The number of pyridine rings is 1. The van der Waals surface area contributed by atoms with Crippen molar-refractivity contribution in [3.63, 3.8) is 0 Å². The van der Waals surface area contributed by atoms with Crippen molar-refractivity contribution in [2.24, 2.45) is 5.41 Å². The van der Waals surface area contributed by atoms with Crippen molar-refractivity contribution >= 4 is 11.9 Å². The first-order valence-electron chi connectivity index (χ1n) is 6.82. The first-order valence-corrected chi connectivity index (χ1v) is 6.82. The summed E-state index contributed by atoms with van der Waals surface area (Å²) in [5.74, 6) is -1.62. The standard InChI is InChI=1S/C14H15F3N2O4/c1-13(12(22)23)4-6-19(8-13)10(20)7-18-5-2-3-9(11(18)21)14(15,16)17/h2-3,5H,4,6-8H2,1H3,(H,22,23). The average molecular weight is 332 g/mol. The van der Waals surface area contributed by atoms with E-state index in [1.807, 2.05) is 0 Å². The van der Waals surface area contributed by atoms with Crippen molar-refractivity contribution in [3.8, 4) is 0 Å². The van der Waals surface area contributed by atoms with E-state index in [4.69, 9.17) is 5.11 Å². The van der Waals surface area contributed by atoms with Crippen molar-refractivity contribution in [2.75, 3.05) is 13.1 Å². The average Bonchev–Trinajstić information content (AvgIpc) is 2.84. The molecular weight excluding hydrogens is 317 g/mol. The number of hydrogen-bond acceptors (Lipinski definition) is 3. The summed E-state index contributed by atoms with van der Waals surface area (Å²) in [5.41, 5.74) is -3.72. The summed E-state index contributed by atoms with van der Waals surface area (Å²) >= 11 is 0. The molecule has 1 aromatic rings. The van der Waals surface area contributed by atoms with E-state index in [-0.39, 0.29) is 19.5 Å². The minimum atomic E-state index is -4.79. The van der Waals surface area contributed by atoms with Crippen LogP contribution in [0, 0.1) is 5.41 Å². The molecule has 1 amide bonds. The van der Waals surface area contributed by atoms with Crippen molar-refractivity contribution in [2.45, 2.75) is 26.1 Å². The highest BCUT2D eigenvalue weighted by atomic mass is 19.4.